The molecule has 0 unspecified atom stereocenters. The molecule has 1 amide bonds. The number of pyridine rings is 1. The van der Waals surface area contributed by atoms with Gasteiger partial charge in [-0.25, -0.2) is 0 Å². The van der Waals surface area contributed by atoms with E-state index in [0.29, 0.717) is 10.2 Å². The number of aromatic nitrogens is 1. The van der Waals surface area contributed by atoms with Gasteiger partial charge in [-0.1, -0.05) is 12.2 Å². The van der Waals surface area contributed by atoms with Crippen LogP contribution in [0.5, 0.6) is 0 Å². The van der Waals surface area contributed by atoms with E-state index >= 15 is 0 Å². The van der Waals surface area contributed by atoms with Crippen LogP contribution in [-0.2, 0) is 0 Å². The van der Waals surface area contributed by atoms with Crippen LogP contribution in [0.1, 0.15) is 48.9 Å². The molecule has 0 saturated heterocycles. The summed E-state index contributed by atoms with van der Waals surface area (Å²) >= 11 is 5.22. The van der Waals surface area contributed by atoms with Crippen molar-refractivity contribution >= 4 is 18.1 Å². The minimum absolute atomic E-state index is 0.00815. The molecule has 20 heavy (non-hydrogen) atoms. The maximum Gasteiger partial charge on any atom is 0.254 e. The van der Waals surface area contributed by atoms with Crippen molar-refractivity contribution in [3.63, 3.8) is 0 Å². The zero-order chi connectivity index (χ0) is 13.7. The molecule has 1 aromatic rings. The van der Waals surface area contributed by atoms with Crippen molar-refractivity contribution in [1.82, 2.24) is 10.3 Å². The standard InChI is InChI=1S/C16H20N2OS/c19-14(13-2-1-3-17-15(13)20)18-16-7-10-4-11(8-16)6-12(5-10)9-16/h1-3,10-12H,4-9H2,(H,17,20)(H,18,19). The van der Waals surface area contributed by atoms with Crippen LogP contribution in [0.25, 0.3) is 0 Å². The van der Waals surface area contributed by atoms with Gasteiger partial charge in [0.25, 0.3) is 5.91 Å². The maximum absolute atomic E-state index is 12.6. The average Bonchev–Trinajstić information content (AvgIpc) is 2.36. The van der Waals surface area contributed by atoms with E-state index in [4.69, 9.17) is 12.2 Å². The van der Waals surface area contributed by atoms with Crippen molar-refractivity contribution in [1.29, 1.82) is 0 Å². The molecule has 0 aromatic carbocycles. The summed E-state index contributed by atoms with van der Waals surface area (Å²) in [5.74, 6) is 2.53. The number of nitrogens with one attached hydrogen (secondary N) is 2. The van der Waals surface area contributed by atoms with Gasteiger partial charge in [-0.15, -0.1) is 0 Å². The first-order valence-corrected chi connectivity index (χ1v) is 8.05. The van der Waals surface area contributed by atoms with Gasteiger partial charge in [0.05, 0.1) is 5.56 Å². The van der Waals surface area contributed by atoms with E-state index in [1.54, 1.807) is 6.20 Å². The lowest BCUT2D eigenvalue weighted by Crippen LogP contribution is -2.59. The highest BCUT2D eigenvalue weighted by Gasteiger charge is 2.51. The SMILES string of the molecule is O=C(NC12CC3CC(CC(C3)C1)C2)c1ccc[nH]c1=S. The van der Waals surface area contributed by atoms with Crippen molar-refractivity contribution in [3.05, 3.63) is 28.5 Å². The molecular weight excluding hydrogens is 268 g/mol. The molecule has 4 saturated carbocycles. The van der Waals surface area contributed by atoms with Crippen LogP contribution in [0.2, 0.25) is 0 Å². The topological polar surface area (TPSA) is 44.9 Å². The number of aromatic amines is 1. The van der Waals surface area contributed by atoms with E-state index in [1.165, 1.54) is 38.5 Å². The lowest BCUT2D eigenvalue weighted by molar-refractivity contribution is -0.0167. The quantitative estimate of drug-likeness (QED) is 0.819. The zero-order valence-corrected chi connectivity index (χ0v) is 12.3. The largest absolute Gasteiger partial charge is 0.352 e. The van der Waals surface area contributed by atoms with Gasteiger partial charge in [0.2, 0.25) is 0 Å². The Morgan fingerprint density at radius 3 is 2.35 bits per heavy atom. The average molecular weight is 288 g/mol. The van der Waals surface area contributed by atoms with E-state index in [-0.39, 0.29) is 11.4 Å². The first kappa shape index (κ1) is 12.6. The lowest BCUT2D eigenvalue weighted by Gasteiger charge is -2.56. The molecule has 3 nitrogen and oxygen atoms in total. The molecule has 4 aliphatic rings. The van der Waals surface area contributed by atoms with Gasteiger partial charge in [0, 0.05) is 11.7 Å². The van der Waals surface area contributed by atoms with Gasteiger partial charge in [0.1, 0.15) is 4.64 Å². The molecule has 0 atom stereocenters. The second-order valence-corrected chi connectivity index (χ2v) is 7.47. The van der Waals surface area contributed by atoms with Gasteiger partial charge in [-0.2, -0.15) is 0 Å². The summed E-state index contributed by atoms with van der Waals surface area (Å²) in [5.41, 5.74) is 0.668. The van der Waals surface area contributed by atoms with E-state index in [1.807, 2.05) is 12.1 Å². The Labute approximate surface area is 124 Å². The van der Waals surface area contributed by atoms with Crippen molar-refractivity contribution in [2.24, 2.45) is 17.8 Å². The van der Waals surface area contributed by atoms with Gasteiger partial charge < -0.3 is 10.3 Å². The smallest absolute Gasteiger partial charge is 0.254 e. The van der Waals surface area contributed by atoms with Crippen LogP contribution >= 0.6 is 12.2 Å². The molecule has 106 valence electrons. The molecule has 4 aliphatic carbocycles. The van der Waals surface area contributed by atoms with Crippen LogP contribution in [0.3, 0.4) is 0 Å². The van der Waals surface area contributed by atoms with Gasteiger partial charge >= 0.3 is 0 Å². The molecule has 1 heterocycles. The predicted octanol–water partition coefficient (Wildman–Crippen LogP) is 3.44. The highest BCUT2D eigenvalue weighted by Crippen LogP contribution is 2.55. The molecule has 4 fully saturated rings. The molecule has 1 aromatic heterocycles. The molecule has 4 bridgehead atoms. The Balaban J connectivity index is 1.58. The number of hydrogen-bond acceptors (Lipinski definition) is 2. The molecule has 0 spiro atoms. The van der Waals surface area contributed by atoms with E-state index in [0.717, 1.165) is 17.8 Å². The third-order valence-electron chi connectivity index (χ3n) is 5.48. The molecule has 2 N–H and O–H groups in total. The third kappa shape index (κ3) is 2.01. The Morgan fingerprint density at radius 1 is 1.20 bits per heavy atom. The Kier molecular flexibility index (Phi) is 2.78. The fraction of sp³-hybridized carbons (Fsp3) is 0.625. The second-order valence-electron chi connectivity index (χ2n) is 7.06. The zero-order valence-electron chi connectivity index (χ0n) is 11.5. The lowest BCUT2D eigenvalue weighted by atomic mass is 9.53. The van der Waals surface area contributed by atoms with Crippen molar-refractivity contribution in [3.8, 4) is 0 Å². The highest BCUT2D eigenvalue weighted by atomic mass is 32.1. The minimum atomic E-state index is 0.00815. The van der Waals surface area contributed by atoms with Crippen LogP contribution in [-0.4, -0.2) is 16.4 Å². The first-order valence-electron chi connectivity index (χ1n) is 7.64. The third-order valence-corrected chi connectivity index (χ3v) is 5.82. The summed E-state index contributed by atoms with van der Waals surface area (Å²) < 4.78 is 0.537. The van der Waals surface area contributed by atoms with Crippen LogP contribution in [0.15, 0.2) is 18.3 Å². The Morgan fingerprint density at radius 2 is 1.80 bits per heavy atom. The molecule has 0 radical (unpaired) electrons. The van der Waals surface area contributed by atoms with Crippen molar-refractivity contribution in [2.45, 2.75) is 44.1 Å². The minimum Gasteiger partial charge on any atom is -0.352 e. The number of rotatable bonds is 2. The van der Waals surface area contributed by atoms with Gasteiger partial charge in [0.15, 0.2) is 0 Å². The highest BCUT2D eigenvalue weighted by molar-refractivity contribution is 7.71. The summed E-state index contributed by atoms with van der Waals surface area (Å²) in [4.78, 5) is 15.5. The monoisotopic (exact) mass is 288 g/mol. The number of amides is 1. The summed E-state index contributed by atoms with van der Waals surface area (Å²) in [7, 11) is 0. The number of carbonyl (C=O) groups is 1. The summed E-state index contributed by atoms with van der Waals surface area (Å²) in [6.45, 7) is 0. The summed E-state index contributed by atoms with van der Waals surface area (Å²) in [6, 6.07) is 3.65. The predicted molar refractivity (Wildman–Crippen MR) is 80.0 cm³/mol. The van der Waals surface area contributed by atoms with Crippen LogP contribution < -0.4 is 5.32 Å². The summed E-state index contributed by atoms with van der Waals surface area (Å²) in [6.07, 6.45) is 9.46. The van der Waals surface area contributed by atoms with Gasteiger partial charge in [-0.3, -0.25) is 4.79 Å². The fourth-order valence-electron chi connectivity index (χ4n) is 5.17. The van der Waals surface area contributed by atoms with E-state index in [9.17, 15) is 4.79 Å². The molecule has 4 heteroatoms. The van der Waals surface area contributed by atoms with Crippen LogP contribution in [0, 0.1) is 22.4 Å². The normalized spacial score (nSPS) is 37.9. The second kappa shape index (κ2) is 4.42. The Hall–Kier alpha value is -1.16. The number of H-pyrrole nitrogens is 1. The number of hydrogen-bond donors (Lipinski definition) is 2. The van der Waals surface area contributed by atoms with Crippen molar-refractivity contribution < 1.29 is 4.79 Å². The molecule has 0 aliphatic heterocycles. The van der Waals surface area contributed by atoms with Gasteiger partial charge in [-0.05, 0) is 68.4 Å². The maximum atomic E-state index is 12.6. The first-order chi connectivity index (χ1) is 9.63. The molecule has 5 rings (SSSR count). The summed E-state index contributed by atoms with van der Waals surface area (Å²) in [5, 5.41) is 3.36. The van der Waals surface area contributed by atoms with Crippen molar-refractivity contribution in [2.75, 3.05) is 0 Å². The molecular formula is C16H20N2OS. The van der Waals surface area contributed by atoms with E-state index < -0.39 is 0 Å². The Bertz CT molecular complexity index is 571. The van der Waals surface area contributed by atoms with Crippen LogP contribution in [0.4, 0.5) is 0 Å². The number of carbonyl (C=O) groups excluding carboxylic acids is 1. The van der Waals surface area contributed by atoms with E-state index in [2.05, 4.69) is 10.3 Å². The fourth-order valence-corrected chi connectivity index (χ4v) is 5.40.